The van der Waals surface area contributed by atoms with Crippen LogP contribution in [0.15, 0.2) is 30.3 Å². The van der Waals surface area contributed by atoms with Gasteiger partial charge in [-0.1, -0.05) is 71.4 Å². The maximum atomic E-state index is 2.27. The van der Waals surface area contributed by atoms with Gasteiger partial charge in [0.2, 0.25) is 0 Å². The Bertz CT molecular complexity index is 233. The average molecular weight is 220 g/mol. The molecular formula is C16H28. The van der Waals surface area contributed by atoms with E-state index in [0.29, 0.717) is 0 Å². The van der Waals surface area contributed by atoms with E-state index in [1.165, 1.54) is 24.8 Å². The van der Waals surface area contributed by atoms with Crippen LogP contribution >= 0.6 is 0 Å². The van der Waals surface area contributed by atoms with Gasteiger partial charge < -0.3 is 0 Å². The molecular weight excluding hydrogens is 192 g/mol. The van der Waals surface area contributed by atoms with Crippen LogP contribution in [0.3, 0.4) is 0 Å². The van der Waals surface area contributed by atoms with Crippen LogP contribution in [0, 0.1) is 11.8 Å². The predicted molar refractivity (Wildman–Crippen MR) is 74.7 cm³/mol. The highest BCUT2D eigenvalue weighted by Crippen LogP contribution is 2.07. The van der Waals surface area contributed by atoms with E-state index in [9.17, 15) is 0 Å². The van der Waals surface area contributed by atoms with Crippen LogP contribution in [-0.4, -0.2) is 0 Å². The van der Waals surface area contributed by atoms with Gasteiger partial charge in [0.25, 0.3) is 0 Å². The second-order valence-corrected chi connectivity index (χ2v) is 5.22. The molecule has 0 radical (unpaired) electrons. The summed E-state index contributed by atoms with van der Waals surface area (Å²) in [7, 11) is 0. The molecule has 1 aromatic carbocycles. The summed E-state index contributed by atoms with van der Waals surface area (Å²) in [6, 6.07) is 10.7. The number of benzene rings is 1. The van der Waals surface area contributed by atoms with E-state index in [1.807, 2.05) is 0 Å². The van der Waals surface area contributed by atoms with Crippen molar-refractivity contribution >= 4 is 0 Å². The minimum Gasteiger partial charge on any atom is -0.0651 e. The third-order valence-electron chi connectivity index (χ3n) is 2.67. The number of hydrogen-bond acceptors (Lipinski definition) is 0. The second-order valence-electron chi connectivity index (χ2n) is 5.22. The Kier molecular flexibility index (Phi) is 8.99. The van der Waals surface area contributed by atoms with Crippen LogP contribution < -0.4 is 0 Å². The SMILES string of the molecule is CC(C)CCc1ccccc1.CCC(C)C. The first-order chi connectivity index (χ1) is 7.56. The molecule has 0 fully saturated rings. The number of aryl methyl sites for hydroxylation is 1. The van der Waals surface area contributed by atoms with Crippen molar-refractivity contribution in [3.63, 3.8) is 0 Å². The van der Waals surface area contributed by atoms with Crippen molar-refractivity contribution in [1.82, 2.24) is 0 Å². The molecule has 16 heavy (non-hydrogen) atoms. The van der Waals surface area contributed by atoms with Gasteiger partial charge >= 0.3 is 0 Å². The first-order valence-electron chi connectivity index (χ1n) is 6.60. The van der Waals surface area contributed by atoms with Gasteiger partial charge in [-0.15, -0.1) is 0 Å². The molecule has 92 valence electrons. The average Bonchev–Trinajstić information content (AvgIpc) is 2.28. The normalized spacial score (nSPS) is 10.2. The van der Waals surface area contributed by atoms with E-state index in [4.69, 9.17) is 0 Å². The molecule has 0 aliphatic carbocycles. The highest BCUT2D eigenvalue weighted by atomic mass is 14.0. The van der Waals surface area contributed by atoms with Gasteiger partial charge in [0.15, 0.2) is 0 Å². The summed E-state index contributed by atoms with van der Waals surface area (Å²) in [4.78, 5) is 0. The number of rotatable bonds is 4. The van der Waals surface area contributed by atoms with Gasteiger partial charge in [0.1, 0.15) is 0 Å². The molecule has 0 amide bonds. The molecule has 0 nitrogen and oxygen atoms in total. The summed E-state index contributed by atoms with van der Waals surface area (Å²) in [5.74, 6) is 1.70. The zero-order valence-electron chi connectivity index (χ0n) is 11.7. The van der Waals surface area contributed by atoms with Crippen LogP contribution in [0.2, 0.25) is 0 Å². The Hall–Kier alpha value is -0.780. The molecule has 0 saturated carbocycles. The van der Waals surface area contributed by atoms with Crippen molar-refractivity contribution in [3.8, 4) is 0 Å². The summed E-state index contributed by atoms with van der Waals surface area (Å²) in [6.07, 6.45) is 3.82. The second kappa shape index (κ2) is 9.45. The van der Waals surface area contributed by atoms with Gasteiger partial charge in [-0.25, -0.2) is 0 Å². The van der Waals surface area contributed by atoms with Gasteiger partial charge in [-0.2, -0.15) is 0 Å². The lowest BCUT2D eigenvalue weighted by Gasteiger charge is -2.03. The molecule has 0 aliphatic heterocycles. The molecule has 0 bridgehead atoms. The first kappa shape index (κ1) is 15.2. The fourth-order valence-electron chi connectivity index (χ4n) is 1.10. The number of hydrogen-bond donors (Lipinski definition) is 0. The Morgan fingerprint density at radius 3 is 1.75 bits per heavy atom. The van der Waals surface area contributed by atoms with Crippen molar-refractivity contribution in [3.05, 3.63) is 35.9 Å². The van der Waals surface area contributed by atoms with E-state index in [-0.39, 0.29) is 0 Å². The predicted octanol–water partition coefficient (Wildman–Crippen LogP) is 5.33. The van der Waals surface area contributed by atoms with Crippen molar-refractivity contribution < 1.29 is 0 Å². The highest BCUT2D eigenvalue weighted by Gasteiger charge is 1.94. The molecule has 0 aromatic heterocycles. The minimum atomic E-state index is 0.815. The highest BCUT2D eigenvalue weighted by molar-refractivity contribution is 5.14. The maximum Gasteiger partial charge on any atom is -0.0276 e. The molecule has 0 unspecified atom stereocenters. The largest absolute Gasteiger partial charge is 0.0651 e. The quantitative estimate of drug-likeness (QED) is 0.643. The lowest BCUT2D eigenvalue weighted by Crippen LogP contribution is -1.91. The lowest BCUT2D eigenvalue weighted by molar-refractivity contribution is 0.587. The Balaban J connectivity index is 0.000000385. The fourth-order valence-corrected chi connectivity index (χ4v) is 1.10. The van der Waals surface area contributed by atoms with Gasteiger partial charge in [-0.05, 0) is 30.2 Å². The topological polar surface area (TPSA) is 0 Å². The Labute approximate surface area is 102 Å². The van der Waals surface area contributed by atoms with Crippen molar-refractivity contribution in [2.45, 2.75) is 53.9 Å². The van der Waals surface area contributed by atoms with Crippen LogP contribution in [0.5, 0.6) is 0 Å². The molecule has 1 aromatic rings. The third-order valence-corrected chi connectivity index (χ3v) is 2.67. The molecule has 0 saturated heterocycles. The standard InChI is InChI=1S/C11H16.C5H12/c1-10(2)8-9-11-6-4-3-5-7-11;1-4-5(2)3/h3-7,10H,8-9H2,1-2H3;5H,4H2,1-3H3. The van der Waals surface area contributed by atoms with Crippen LogP contribution in [0.25, 0.3) is 0 Å². The summed E-state index contributed by atoms with van der Waals surface area (Å²) in [5, 5.41) is 0. The summed E-state index contributed by atoms with van der Waals surface area (Å²) in [6.45, 7) is 11.2. The Morgan fingerprint density at radius 1 is 0.875 bits per heavy atom. The third kappa shape index (κ3) is 9.76. The van der Waals surface area contributed by atoms with E-state index in [2.05, 4.69) is 65.0 Å². The smallest absolute Gasteiger partial charge is 0.0276 e. The van der Waals surface area contributed by atoms with Crippen molar-refractivity contribution in [1.29, 1.82) is 0 Å². The van der Waals surface area contributed by atoms with Gasteiger partial charge in [-0.3, -0.25) is 0 Å². The molecule has 0 aliphatic rings. The molecule has 0 heteroatoms. The van der Waals surface area contributed by atoms with Crippen molar-refractivity contribution in [2.75, 3.05) is 0 Å². The molecule has 0 spiro atoms. The Morgan fingerprint density at radius 2 is 1.38 bits per heavy atom. The molecule has 0 N–H and O–H groups in total. The van der Waals surface area contributed by atoms with E-state index >= 15 is 0 Å². The molecule has 0 atom stereocenters. The zero-order chi connectivity index (χ0) is 12.4. The van der Waals surface area contributed by atoms with Gasteiger partial charge in [0, 0.05) is 0 Å². The van der Waals surface area contributed by atoms with E-state index < -0.39 is 0 Å². The van der Waals surface area contributed by atoms with Gasteiger partial charge in [0.05, 0.1) is 0 Å². The first-order valence-corrected chi connectivity index (χ1v) is 6.60. The lowest BCUT2D eigenvalue weighted by atomic mass is 10.0. The minimum absolute atomic E-state index is 0.815. The zero-order valence-corrected chi connectivity index (χ0v) is 11.7. The van der Waals surface area contributed by atoms with Crippen LogP contribution in [-0.2, 0) is 6.42 Å². The van der Waals surface area contributed by atoms with E-state index in [0.717, 1.165) is 11.8 Å². The molecule has 1 rings (SSSR count). The fraction of sp³-hybridized carbons (Fsp3) is 0.625. The maximum absolute atomic E-state index is 2.27. The van der Waals surface area contributed by atoms with Crippen molar-refractivity contribution in [2.24, 2.45) is 11.8 Å². The summed E-state index contributed by atoms with van der Waals surface area (Å²) < 4.78 is 0. The summed E-state index contributed by atoms with van der Waals surface area (Å²) in [5.41, 5.74) is 1.46. The summed E-state index contributed by atoms with van der Waals surface area (Å²) >= 11 is 0. The molecule has 0 heterocycles. The monoisotopic (exact) mass is 220 g/mol. The van der Waals surface area contributed by atoms with Crippen LogP contribution in [0.1, 0.15) is 53.0 Å². The van der Waals surface area contributed by atoms with Crippen LogP contribution in [0.4, 0.5) is 0 Å². The van der Waals surface area contributed by atoms with E-state index in [1.54, 1.807) is 0 Å².